The van der Waals surface area contributed by atoms with E-state index in [9.17, 15) is 9.18 Å². The van der Waals surface area contributed by atoms with Crippen molar-refractivity contribution in [2.45, 2.75) is 27.2 Å². The molecular weight excluding hydrogens is 498 g/mol. The Labute approximate surface area is 194 Å². The number of amides is 1. The largest absolute Gasteiger partial charge is 0.492 e. The highest BCUT2D eigenvalue weighted by molar-refractivity contribution is 14.0. The molecule has 0 bridgehead atoms. The second-order valence-corrected chi connectivity index (χ2v) is 6.57. The lowest BCUT2D eigenvalue weighted by atomic mass is 10.1. The van der Waals surface area contributed by atoms with Gasteiger partial charge in [0.15, 0.2) is 5.96 Å². The predicted molar refractivity (Wildman–Crippen MR) is 130 cm³/mol. The minimum atomic E-state index is -0.215. The Morgan fingerprint density at radius 3 is 2.67 bits per heavy atom. The number of nitrogens with zero attached hydrogens (tertiary/aromatic N) is 1. The van der Waals surface area contributed by atoms with Crippen LogP contribution in [-0.4, -0.2) is 38.1 Å². The van der Waals surface area contributed by atoms with Crippen molar-refractivity contribution in [1.29, 1.82) is 0 Å². The van der Waals surface area contributed by atoms with E-state index in [0.29, 0.717) is 37.1 Å². The number of anilines is 1. The van der Waals surface area contributed by atoms with Crippen LogP contribution < -0.4 is 20.7 Å². The lowest BCUT2D eigenvalue weighted by Crippen LogP contribution is -2.39. The first-order valence-electron chi connectivity index (χ1n) is 9.75. The summed E-state index contributed by atoms with van der Waals surface area (Å²) in [5, 5.41) is 9.16. The molecule has 6 nitrogen and oxygen atoms in total. The van der Waals surface area contributed by atoms with Crippen LogP contribution in [0.4, 0.5) is 10.1 Å². The van der Waals surface area contributed by atoms with Gasteiger partial charge in [0.2, 0.25) is 5.91 Å². The first-order chi connectivity index (χ1) is 14.0. The number of nitrogens with one attached hydrogen (secondary N) is 3. The monoisotopic (exact) mass is 528 g/mol. The van der Waals surface area contributed by atoms with Gasteiger partial charge in [-0.3, -0.25) is 9.79 Å². The van der Waals surface area contributed by atoms with E-state index in [1.807, 2.05) is 38.1 Å². The summed E-state index contributed by atoms with van der Waals surface area (Å²) in [5.74, 6) is 1.06. The number of guanidine groups is 1. The number of aliphatic imine (C=N–C) groups is 1. The molecule has 8 heteroatoms. The minimum Gasteiger partial charge on any atom is -0.492 e. The second kappa shape index (κ2) is 13.8. The summed E-state index contributed by atoms with van der Waals surface area (Å²) in [6, 6.07) is 12.1. The topological polar surface area (TPSA) is 74.8 Å². The zero-order chi connectivity index (χ0) is 21.1. The molecule has 0 aliphatic carbocycles. The average Bonchev–Trinajstić information content (AvgIpc) is 2.66. The molecule has 2 aromatic rings. The van der Waals surface area contributed by atoms with E-state index in [1.165, 1.54) is 13.0 Å². The lowest BCUT2D eigenvalue weighted by molar-refractivity contribution is -0.114. The Hall–Kier alpha value is -2.36. The number of ether oxygens (including phenoxy) is 1. The fourth-order valence-electron chi connectivity index (χ4n) is 2.77. The molecular formula is C22H30FIN4O2. The van der Waals surface area contributed by atoms with E-state index in [4.69, 9.17) is 4.74 Å². The summed E-state index contributed by atoms with van der Waals surface area (Å²) in [4.78, 5) is 15.7. The fraction of sp³-hybridized carbons (Fsp3) is 0.364. The molecule has 3 N–H and O–H groups in total. The highest BCUT2D eigenvalue weighted by Gasteiger charge is 2.02. The van der Waals surface area contributed by atoms with Crippen LogP contribution in [0.5, 0.6) is 5.75 Å². The maximum Gasteiger partial charge on any atom is 0.221 e. The SMILES string of the molecule is CCNC(=NCCc1ccc(F)cc1C)NCCOc1cccc(NC(C)=O)c1.I. The van der Waals surface area contributed by atoms with E-state index < -0.39 is 0 Å². The highest BCUT2D eigenvalue weighted by Crippen LogP contribution is 2.17. The van der Waals surface area contributed by atoms with Gasteiger partial charge >= 0.3 is 0 Å². The summed E-state index contributed by atoms with van der Waals surface area (Å²) in [6.45, 7) is 7.75. The van der Waals surface area contributed by atoms with Gasteiger partial charge in [0.25, 0.3) is 0 Å². The Balaban J connectivity index is 0.00000450. The van der Waals surface area contributed by atoms with Gasteiger partial charge in [-0.15, -0.1) is 24.0 Å². The maximum atomic E-state index is 13.2. The smallest absolute Gasteiger partial charge is 0.221 e. The number of hydrogen-bond donors (Lipinski definition) is 3. The van der Waals surface area contributed by atoms with Crippen molar-refractivity contribution in [3.8, 4) is 5.75 Å². The first-order valence-corrected chi connectivity index (χ1v) is 9.75. The molecule has 30 heavy (non-hydrogen) atoms. The third-order valence-corrected chi connectivity index (χ3v) is 4.12. The van der Waals surface area contributed by atoms with Crippen LogP contribution in [0, 0.1) is 12.7 Å². The average molecular weight is 528 g/mol. The van der Waals surface area contributed by atoms with Crippen molar-refractivity contribution >= 4 is 41.5 Å². The van der Waals surface area contributed by atoms with Crippen LogP contribution >= 0.6 is 24.0 Å². The van der Waals surface area contributed by atoms with Gasteiger partial charge in [-0.2, -0.15) is 0 Å². The van der Waals surface area contributed by atoms with E-state index >= 15 is 0 Å². The molecule has 0 radical (unpaired) electrons. The van der Waals surface area contributed by atoms with Gasteiger partial charge < -0.3 is 20.7 Å². The fourth-order valence-corrected chi connectivity index (χ4v) is 2.77. The molecule has 0 saturated carbocycles. The third-order valence-electron chi connectivity index (χ3n) is 4.12. The Morgan fingerprint density at radius 1 is 1.17 bits per heavy atom. The summed E-state index contributed by atoms with van der Waals surface area (Å²) >= 11 is 0. The van der Waals surface area contributed by atoms with E-state index in [-0.39, 0.29) is 35.7 Å². The van der Waals surface area contributed by atoms with Gasteiger partial charge in [-0.05, 0) is 55.7 Å². The van der Waals surface area contributed by atoms with Gasteiger partial charge in [0.1, 0.15) is 18.2 Å². The van der Waals surface area contributed by atoms with Gasteiger partial charge in [-0.1, -0.05) is 12.1 Å². The molecule has 0 atom stereocenters. The normalized spacial score (nSPS) is 10.7. The van der Waals surface area contributed by atoms with Crippen molar-refractivity contribution in [2.24, 2.45) is 4.99 Å². The van der Waals surface area contributed by atoms with Crippen LogP contribution in [-0.2, 0) is 11.2 Å². The predicted octanol–water partition coefficient (Wildman–Crippen LogP) is 3.89. The molecule has 1 amide bonds. The molecule has 164 valence electrons. The summed E-state index contributed by atoms with van der Waals surface area (Å²) in [7, 11) is 0. The van der Waals surface area contributed by atoms with Crippen LogP contribution in [0.25, 0.3) is 0 Å². The molecule has 0 aliphatic rings. The third kappa shape index (κ3) is 9.43. The van der Waals surface area contributed by atoms with Crippen molar-refractivity contribution in [3.63, 3.8) is 0 Å². The Morgan fingerprint density at radius 2 is 1.97 bits per heavy atom. The molecule has 0 aliphatic heterocycles. The van der Waals surface area contributed by atoms with Crippen LogP contribution in [0.2, 0.25) is 0 Å². The first kappa shape index (κ1) is 25.7. The van der Waals surface area contributed by atoms with E-state index in [0.717, 1.165) is 24.1 Å². The number of carbonyl (C=O) groups is 1. The van der Waals surface area contributed by atoms with Crippen molar-refractivity contribution in [3.05, 3.63) is 59.4 Å². The van der Waals surface area contributed by atoms with Crippen LogP contribution in [0.3, 0.4) is 0 Å². The molecule has 0 spiro atoms. The lowest BCUT2D eigenvalue weighted by Gasteiger charge is -2.13. The van der Waals surface area contributed by atoms with Crippen molar-refractivity contribution in [2.75, 3.05) is 31.6 Å². The molecule has 0 unspecified atom stereocenters. The molecule has 2 rings (SSSR count). The summed E-state index contributed by atoms with van der Waals surface area (Å²) < 4.78 is 18.9. The summed E-state index contributed by atoms with van der Waals surface area (Å²) in [6.07, 6.45) is 0.745. The zero-order valence-corrected chi connectivity index (χ0v) is 20.0. The Kier molecular flexibility index (Phi) is 11.8. The number of hydrogen-bond acceptors (Lipinski definition) is 3. The molecule has 2 aromatic carbocycles. The van der Waals surface area contributed by atoms with Gasteiger partial charge in [0.05, 0.1) is 6.54 Å². The standard InChI is InChI=1S/C22H29FN4O2.HI/c1-4-24-22(25-11-10-18-8-9-19(23)14-16(18)2)26-12-13-29-21-7-5-6-20(15-21)27-17(3)28;/h5-9,14-15H,4,10-13H2,1-3H3,(H,27,28)(H2,24,25,26);1H. The van der Waals surface area contributed by atoms with Crippen LogP contribution in [0.15, 0.2) is 47.5 Å². The second-order valence-electron chi connectivity index (χ2n) is 6.57. The number of benzene rings is 2. The van der Waals surface area contributed by atoms with E-state index in [2.05, 4.69) is 20.9 Å². The molecule has 0 heterocycles. The molecule has 0 saturated heterocycles. The van der Waals surface area contributed by atoms with Crippen molar-refractivity contribution in [1.82, 2.24) is 10.6 Å². The van der Waals surface area contributed by atoms with Gasteiger partial charge in [0, 0.05) is 31.8 Å². The molecule has 0 aromatic heterocycles. The zero-order valence-electron chi connectivity index (χ0n) is 17.6. The van der Waals surface area contributed by atoms with Gasteiger partial charge in [-0.25, -0.2) is 4.39 Å². The number of aryl methyl sites for hydroxylation is 1. The number of halogens is 2. The van der Waals surface area contributed by atoms with Crippen molar-refractivity contribution < 1.29 is 13.9 Å². The quantitative estimate of drug-likeness (QED) is 0.200. The van der Waals surface area contributed by atoms with E-state index in [1.54, 1.807) is 12.1 Å². The highest BCUT2D eigenvalue weighted by atomic mass is 127. The maximum absolute atomic E-state index is 13.2. The number of rotatable bonds is 9. The van der Waals surface area contributed by atoms with Crippen LogP contribution in [0.1, 0.15) is 25.0 Å². The summed E-state index contributed by atoms with van der Waals surface area (Å²) in [5.41, 5.74) is 2.73. The number of carbonyl (C=O) groups excluding carboxylic acids is 1. The molecule has 0 fully saturated rings. The minimum absolute atomic E-state index is 0. The Bertz CT molecular complexity index is 846.